The Morgan fingerprint density at radius 2 is 2.39 bits per heavy atom. The average molecular weight is 253 g/mol. The molecule has 1 fully saturated rings. The standard InChI is InChI=1S/C12H19N3O3/c1-3-5-9-13-10(18-14-9)8-15-7-4-6-12(15,2)11(16)17/h3-8H2,1-2H3,(H,16,17). The number of carboxylic acids is 1. The molecule has 1 atom stereocenters. The highest BCUT2D eigenvalue weighted by atomic mass is 16.5. The Balaban J connectivity index is 2.06. The SMILES string of the molecule is CCCc1noc(CN2CCCC2(C)C(=O)O)n1. The second-order valence-electron chi connectivity index (χ2n) is 4.96. The van der Waals surface area contributed by atoms with Gasteiger partial charge in [-0.15, -0.1) is 0 Å². The third-order valence-electron chi connectivity index (χ3n) is 3.56. The van der Waals surface area contributed by atoms with Crippen LogP contribution in [0.2, 0.25) is 0 Å². The number of nitrogens with zero attached hydrogens (tertiary/aromatic N) is 3. The van der Waals surface area contributed by atoms with Gasteiger partial charge >= 0.3 is 5.97 Å². The molecule has 0 aromatic carbocycles. The van der Waals surface area contributed by atoms with Crippen LogP contribution in [0.3, 0.4) is 0 Å². The van der Waals surface area contributed by atoms with Crippen molar-refractivity contribution in [2.45, 2.75) is 51.6 Å². The van der Waals surface area contributed by atoms with Crippen LogP contribution >= 0.6 is 0 Å². The van der Waals surface area contributed by atoms with Crippen LogP contribution in [0.1, 0.15) is 44.8 Å². The highest BCUT2D eigenvalue weighted by Gasteiger charge is 2.43. The van der Waals surface area contributed by atoms with Crippen LogP contribution in [0.5, 0.6) is 0 Å². The lowest BCUT2D eigenvalue weighted by Crippen LogP contribution is -2.47. The van der Waals surface area contributed by atoms with E-state index in [9.17, 15) is 9.90 Å². The van der Waals surface area contributed by atoms with E-state index < -0.39 is 11.5 Å². The zero-order valence-corrected chi connectivity index (χ0v) is 10.8. The summed E-state index contributed by atoms with van der Waals surface area (Å²) in [4.78, 5) is 17.5. The lowest BCUT2D eigenvalue weighted by molar-refractivity contribution is -0.149. The lowest BCUT2D eigenvalue weighted by Gasteiger charge is -2.29. The fourth-order valence-electron chi connectivity index (χ4n) is 2.36. The number of aromatic nitrogens is 2. The largest absolute Gasteiger partial charge is 0.480 e. The van der Waals surface area contributed by atoms with Crippen molar-refractivity contribution < 1.29 is 14.4 Å². The van der Waals surface area contributed by atoms with Crippen molar-refractivity contribution in [2.75, 3.05) is 6.54 Å². The molecule has 6 heteroatoms. The molecular weight excluding hydrogens is 234 g/mol. The van der Waals surface area contributed by atoms with E-state index in [0.29, 0.717) is 24.7 Å². The minimum atomic E-state index is -0.806. The maximum absolute atomic E-state index is 11.3. The Morgan fingerprint density at radius 3 is 3.06 bits per heavy atom. The maximum Gasteiger partial charge on any atom is 0.323 e. The molecule has 1 aromatic rings. The molecule has 18 heavy (non-hydrogen) atoms. The van der Waals surface area contributed by atoms with E-state index in [2.05, 4.69) is 17.1 Å². The Labute approximate surface area is 106 Å². The number of hydrogen-bond donors (Lipinski definition) is 1. The quantitative estimate of drug-likeness (QED) is 0.855. The maximum atomic E-state index is 11.3. The number of hydrogen-bond acceptors (Lipinski definition) is 5. The molecule has 0 radical (unpaired) electrons. The molecule has 2 heterocycles. The van der Waals surface area contributed by atoms with E-state index in [0.717, 1.165) is 25.8 Å². The van der Waals surface area contributed by atoms with Gasteiger partial charge < -0.3 is 9.63 Å². The number of carbonyl (C=O) groups is 1. The van der Waals surface area contributed by atoms with Gasteiger partial charge in [0.1, 0.15) is 5.54 Å². The summed E-state index contributed by atoms with van der Waals surface area (Å²) in [5, 5.41) is 13.2. The molecule has 2 rings (SSSR count). The van der Waals surface area contributed by atoms with E-state index in [1.807, 2.05) is 4.90 Å². The van der Waals surface area contributed by atoms with E-state index in [-0.39, 0.29) is 0 Å². The molecule has 1 aliphatic heterocycles. The predicted octanol–water partition coefficient (Wildman–Crippen LogP) is 1.46. The van der Waals surface area contributed by atoms with Crippen molar-refractivity contribution in [1.29, 1.82) is 0 Å². The van der Waals surface area contributed by atoms with Crippen molar-refractivity contribution in [3.63, 3.8) is 0 Å². The fourth-order valence-corrected chi connectivity index (χ4v) is 2.36. The number of likely N-dealkylation sites (tertiary alicyclic amines) is 1. The van der Waals surface area contributed by atoms with Crippen molar-refractivity contribution in [2.24, 2.45) is 0 Å². The number of aliphatic carboxylic acids is 1. The highest BCUT2D eigenvalue weighted by molar-refractivity contribution is 5.78. The second kappa shape index (κ2) is 5.06. The summed E-state index contributed by atoms with van der Waals surface area (Å²) in [6.45, 7) is 4.98. The van der Waals surface area contributed by atoms with E-state index in [1.165, 1.54) is 0 Å². The highest BCUT2D eigenvalue weighted by Crippen LogP contribution is 2.30. The minimum absolute atomic E-state index is 0.416. The van der Waals surface area contributed by atoms with Crippen molar-refractivity contribution in [3.8, 4) is 0 Å². The fraction of sp³-hybridized carbons (Fsp3) is 0.750. The average Bonchev–Trinajstić information content (AvgIpc) is 2.89. The molecular formula is C12H19N3O3. The second-order valence-corrected chi connectivity index (χ2v) is 4.96. The van der Waals surface area contributed by atoms with Crippen molar-refractivity contribution in [1.82, 2.24) is 15.0 Å². The Bertz CT molecular complexity index is 432. The van der Waals surface area contributed by atoms with Gasteiger partial charge in [-0.2, -0.15) is 4.98 Å². The van der Waals surface area contributed by atoms with E-state index in [4.69, 9.17) is 4.52 Å². The van der Waals surface area contributed by atoms with Gasteiger partial charge in [0.05, 0.1) is 6.54 Å². The molecule has 6 nitrogen and oxygen atoms in total. The van der Waals surface area contributed by atoms with E-state index in [1.54, 1.807) is 6.92 Å². The first-order valence-electron chi connectivity index (χ1n) is 6.36. The molecule has 0 spiro atoms. The van der Waals surface area contributed by atoms with Gasteiger partial charge in [0.15, 0.2) is 5.82 Å². The molecule has 0 amide bonds. The summed E-state index contributed by atoms with van der Waals surface area (Å²) in [5.41, 5.74) is -0.806. The van der Waals surface area contributed by atoms with Crippen molar-refractivity contribution >= 4 is 5.97 Å². The van der Waals surface area contributed by atoms with Crippen LogP contribution in [0.4, 0.5) is 0 Å². The van der Waals surface area contributed by atoms with Crippen LogP contribution in [-0.4, -0.2) is 38.2 Å². The Hall–Kier alpha value is -1.43. The molecule has 1 N–H and O–H groups in total. The van der Waals surface area contributed by atoms with Gasteiger partial charge in [-0.3, -0.25) is 9.69 Å². The molecule has 1 saturated heterocycles. The number of rotatable bonds is 5. The van der Waals surface area contributed by atoms with Gasteiger partial charge in [-0.1, -0.05) is 12.1 Å². The molecule has 100 valence electrons. The minimum Gasteiger partial charge on any atom is -0.480 e. The Morgan fingerprint density at radius 1 is 1.61 bits per heavy atom. The molecule has 0 aliphatic carbocycles. The van der Waals surface area contributed by atoms with Gasteiger partial charge in [0.25, 0.3) is 0 Å². The van der Waals surface area contributed by atoms with Gasteiger partial charge in [-0.05, 0) is 32.7 Å². The molecule has 0 saturated carbocycles. The number of aryl methyl sites for hydroxylation is 1. The first-order valence-corrected chi connectivity index (χ1v) is 6.36. The normalized spacial score (nSPS) is 24.6. The first-order chi connectivity index (χ1) is 8.56. The van der Waals surface area contributed by atoms with Gasteiger partial charge in [0, 0.05) is 6.42 Å². The zero-order valence-electron chi connectivity index (χ0n) is 10.8. The lowest BCUT2D eigenvalue weighted by atomic mass is 9.99. The molecule has 1 aliphatic rings. The topological polar surface area (TPSA) is 79.5 Å². The summed E-state index contributed by atoms with van der Waals surface area (Å²) >= 11 is 0. The zero-order chi connectivity index (χ0) is 13.2. The number of carboxylic acid groups (broad SMARTS) is 1. The third kappa shape index (κ3) is 2.38. The predicted molar refractivity (Wildman–Crippen MR) is 64.0 cm³/mol. The van der Waals surface area contributed by atoms with Crippen molar-refractivity contribution in [3.05, 3.63) is 11.7 Å². The van der Waals surface area contributed by atoms with Crippen LogP contribution < -0.4 is 0 Å². The summed E-state index contributed by atoms with van der Waals surface area (Å²) in [6.07, 6.45) is 3.31. The van der Waals surface area contributed by atoms with Crippen LogP contribution in [0.25, 0.3) is 0 Å². The summed E-state index contributed by atoms with van der Waals surface area (Å²) < 4.78 is 5.16. The monoisotopic (exact) mass is 253 g/mol. The summed E-state index contributed by atoms with van der Waals surface area (Å²) in [7, 11) is 0. The molecule has 1 aromatic heterocycles. The molecule has 1 unspecified atom stereocenters. The smallest absolute Gasteiger partial charge is 0.323 e. The van der Waals surface area contributed by atoms with Gasteiger partial charge in [0.2, 0.25) is 5.89 Å². The van der Waals surface area contributed by atoms with Crippen LogP contribution in [0, 0.1) is 0 Å². The van der Waals surface area contributed by atoms with Crippen LogP contribution in [0.15, 0.2) is 4.52 Å². The first kappa shape index (κ1) is 13.0. The van der Waals surface area contributed by atoms with Gasteiger partial charge in [-0.25, -0.2) is 0 Å². The Kier molecular flexibility index (Phi) is 3.65. The molecule has 0 bridgehead atoms. The third-order valence-corrected chi connectivity index (χ3v) is 3.56. The summed E-state index contributed by atoms with van der Waals surface area (Å²) in [5.74, 6) is 0.421. The van der Waals surface area contributed by atoms with Crippen LogP contribution in [-0.2, 0) is 17.8 Å². The van der Waals surface area contributed by atoms with E-state index >= 15 is 0 Å². The summed E-state index contributed by atoms with van der Waals surface area (Å²) in [6, 6.07) is 0.